The second kappa shape index (κ2) is 1.82. The van der Waals surface area contributed by atoms with E-state index in [2.05, 4.69) is 15.0 Å². The van der Waals surface area contributed by atoms with Crippen molar-refractivity contribution >= 4 is 11.2 Å². The fourth-order valence-corrected chi connectivity index (χ4v) is 0.837. The van der Waals surface area contributed by atoms with Gasteiger partial charge in [-0.15, -0.1) is 0 Å². The molecule has 0 fully saturated rings. The topological polar surface area (TPSA) is 89.6 Å². The van der Waals surface area contributed by atoms with Crippen LogP contribution >= 0.6 is 0 Å². The number of H-pyrrole nitrogens is 1. The van der Waals surface area contributed by atoms with Crippen molar-refractivity contribution in [2.75, 3.05) is 5.84 Å². The molecule has 2 aromatic rings. The van der Waals surface area contributed by atoms with Crippen molar-refractivity contribution in [3.8, 4) is 0 Å². The maximum Gasteiger partial charge on any atom is 0.299 e. The van der Waals surface area contributed by atoms with E-state index in [9.17, 15) is 4.79 Å². The van der Waals surface area contributed by atoms with E-state index in [0.29, 0.717) is 5.65 Å². The van der Waals surface area contributed by atoms with E-state index in [1.165, 1.54) is 12.7 Å². The standard InChI is InChI=1S/C5H5N5O/c6-10-2-9-4-3(5(10)11)7-1-8-4/h1-2H,6H2,(H,7,8). The van der Waals surface area contributed by atoms with Gasteiger partial charge in [0, 0.05) is 0 Å². The first-order valence-corrected chi connectivity index (χ1v) is 2.95. The summed E-state index contributed by atoms with van der Waals surface area (Å²) in [6, 6.07) is 0. The van der Waals surface area contributed by atoms with Gasteiger partial charge in [0.15, 0.2) is 11.2 Å². The van der Waals surface area contributed by atoms with Crippen LogP contribution in [0.4, 0.5) is 0 Å². The van der Waals surface area contributed by atoms with Crippen LogP contribution in [0.15, 0.2) is 17.4 Å². The highest BCUT2D eigenvalue weighted by Gasteiger charge is 2.02. The number of nitrogen functional groups attached to an aromatic ring is 1. The van der Waals surface area contributed by atoms with Gasteiger partial charge in [-0.3, -0.25) is 4.79 Å². The van der Waals surface area contributed by atoms with E-state index in [-0.39, 0.29) is 11.1 Å². The van der Waals surface area contributed by atoms with Gasteiger partial charge in [-0.25, -0.2) is 14.6 Å². The molecule has 0 unspecified atom stereocenters. The average molecular weight is 151 g/mol. The minimum Gasteiger partial charge on any atom is -0.335 e. The number of hydrogen-bond donors (Lipinski definition) is 2. The number of rotatable bonds is 0. The molecule has 0 spiro atoms. The number of aromatic amines is 1. The van der Waals surface area contributed by atoms with Crippen molar-refractivity contribution in [3.63, 3.8) is 0 Å². The number of fused-ring (bicyclic) bond motifs is 1. The van der Waals surface area contributed by atoms with Crippen molar-refractivity contribution in [2.45, 2.75) is 0 Å². The molecule has 0 atom stereocenters. The summed E-state index contributed by atoms with van der Waals surface area (Å²) in [6.45, 7) is 0. The minimum atomic E-state index is -0.351. The molecule has 3 N–H and O–H groups in total. The fourth-order valence-electron chi connectivity index (χ4n) is 0.837. The van der Waals surface area contributed by atoms with E-state index in [0.717, 1.165) is 4.68 Å². The molecule has 0 aliphatic rings. The third-order valence-corrected chi connectivity index (χ3v) is 1.37. The maximum absolute atomic E-state index is 11.1. The van der Waals surface area contributed by atoms with Crippen molar-refractivity contribution < 1.29 is 0 Å². The molecule has 0 aromatic carbocycles. The Kier molecular flexibility index (Phi) is 0.974. The Balaban J connectivity index is 3.05. The molecule has 2 rings (SSSR count). The summed E-state index contributed by atoms with van der Waals surface area (Å²) in [6.07, 6.45) is 2.64. The first kappa shape index (κ1) is 5.90. The second-order valence-corrected chi connectivity index (χ2v) is 2.06. The summed E-state index contributed by atoms with van der Waals surface area (Å²) in [5, 5.41) is 0. The molecule has 11 heavy (non-hydrogen) atoms. The number of aromatic nitrogens is 4. The number of nitrogens with two attached hydrogens (primary N) is 1. The number of hydrogen-bond acceptors (Lipinski definition) is 4. The zero-order chi connectivity index (χ0) is 7.84. The monoisotopic (exact) mass is 151 g/mol. The van der Waals surface area contributed by atoms with Gasteiger partial charge in [-0.05, 0) is 0 Å². The minimum absolute atomic E-state index is 0.259. The van der Waals surface area contributed by atoms with Crippen molar-refractivity contribution in [2.24, 2.45) is 0 Å². The molecule has 6 heteroatoms. The molecule has 56 valence electrons. The van der Waals surface area contributed by atoms with Crippen LogP contribution in [0.5, 0.6) is 0 Å². The molecule has 2 aromatic heterocycles. The highest BCUT2D eigenvalue weighted by molar-refractivity contribution is 5.67. The van der Waals surface area contributed by atoms with E-state index in [1.54, 1.807) is 0 Å². The largest absolute Gasteiger partial charge is 0.335 e. The van der Waals surface area contributed by atoms with Gasteiger partial charge < -0.3 is 10.8 Å². The van der Waals surface area contributed by atoms with Crippen LogP contribution in [0, 0.1) is 0 Å². The first-order chi connectivity index (χ1) is 5.29. The summed E-state index contributed by atoms with van der Waals surface area (Å²) in [7, 11) is 0. The Morgan fingerprint density at radius 2 is 2.36 bits per heavy atom. The first-order valence-electron chi connectivity index (χ1n) is 2.95. The normalized spacial score (nSPS) is 10.5. The fraction of sp³-hybridized carbons (Fsp3) is 0. The van der Waals surface area contributed by atoms with Crippen LogP contribution in [-0.2, 0) is 0 Å². The summed E-state index contributed by atoms with van der Waals surface area (Å²) < 4.78 is 0.892. The second-order valence-electron chi connectivity index (χ2n) is 2.06. The average Bonchev–Trinajstić information content (AvgIpc) is 2.45. The molecular formula is C5H5N5O. The lowest BCUT2D eigenvalue weighted by Gasteiger charge is -1.92. The summed E-state index contributed by atoms with van der Waals surface area (Å²) in [4.78, 5) is 21.4. The van der Waals surface area contributed by atoms with Crippen molar-refractivity contribution in [1.29, 1.82) is 0 Å². The van der Waals surface area contributed by atoms with Crippen molar-refractivity contribution in [3.05, 3.63) is 23.0 Å². The Hall–Kier alpha value is -1.85. The summed E-state index contributed by atoms with van der Waals surface area (Å²) in [5.74, 6) is 5.23. The number of nitrogens with one attached hydrogen (secondary N) is 1. The smallest absolute Gasteiger partial charge is 0.299 e. The SMILES string of the molecule is Nn1cnc2[nH]cnc2c1=O. The van der Waals surface area contributed by atoms with Crippen LogP contribution in [0.25, 0.3) is 11.2 Å². The molecule has 0 saturated heterocycles. The Bertz CT molecular complexity index is 441. The maximum atomic E-state index is 11.1. The summed E-state index contributed by atoms with van der Waals surface area (Å²) >= 11 is 0. The molecule has 0 aliphatic carbocycles. The highest BCUT2D eigenvalue weighted by atomic mass is 16.1. The molecule has 6 nitrogen and oxygen atoms in total. The zero-order valence-corrected chi connectivity index (χ0v) is 5.48. The van der Waals surface area contributed by atoms with Gasteiger partial charge in [-0.1, -0.05) is 0 Å². The lowest BCUT2D eigenvalue weighted by atomic mass is 10.5. The zero-order valence-electron chi connectivity index (χ0n) is 5.48. The Morgan fingerprint density at radius 3 is 3.18 bits per heavy atom. The predicted molar refractivity (Wildman–Crippen MR) is 38.3 cm³/mol. The molecule has 0 aliphatic heterocycles. The van der Waals surface area contributed by atoms with Gasteiger partial charge in [0.1, 0.15) is 6.33 Å². The molecule has 0 radical (unpaired) electrons. The highest BCUT2D eigenvalue weighted by Crippen LogP contribution is 1.95. The van der Waals surface area contributed by atoms with E-state index < -0.39 is 0 Å². The molecule has 0 amide bonds. The van der Waals surface area contributed by atoms with E-state index >= 15 is 0 Å². The number of nitrogens with zero attached hydrogens (tertiary/aromatic N) is 3. The molecule has 2 heterocycles. The van der Waals surface area contributed by atoms with Crippen LogP contribution in [0.2, 0.25) is 0 Å². The van der Waals surface area contributed by atoms with Crippen LogP contribution in [0.3, 0.4) is 0 Å². The Labute approximate surface area is 60.7 Å². The lowest BCUT2D eigenvalue weighted by molar-refractivity contribution is 0.909. The Morgan fingerprint density at radius 1 is 1.55 bits per heavy atom. The van der Waals surface area contributed by atoms with Gasteiger partial charge in [0.25, 0.3) is 5.56 Å². The van der Waals surface area contributed by atoms with Gasteiger partial charge in [0.05, 0.1) is 6.33 Å². The van der Waals surface area contributed by atoms with Gasteiger partial charge >= 0.3 is 0 Å². The molecule has 0 saturated carbocycles. The number of imidazole rings is 1. The third-order valence-electron chi connectivity index (χ3n) is 1.37. The third kappa shape index (κ3) is 0.689. The molecular weight excluding hydrogens is 146 g/mol. The van der Waals surface area contributed by atoms with Gasteiger partial charge in [-0.2, -0.15) is 0 Å². The van der Waals surface area contributed by atoms with Crippen LogP contribution in [-0.4, -0.2) is 19.6 Å². The van der Waals surface area contributed by atoms with E-state index in [1.807, 2.05) is 0 Å². The van der Waals surface area contributed by atoms with Gasteiger partial charge in [0.2, 0.25) is 0 Å². The van der Waals surface area contributed by atoms with Crippen LogP contribution in [0.1, 0.15) is 0 Å². The molecule has 0 bridgehead atoms. The summed E-state index contributed by atoms with van der Waals surface area (Å²) in [5.41, 5.74) is 0.364. The quantitative estimate of drug-likeness (QED) is 0.464. The van der Waals surface area contributed by atoms with Crippen molar-refractivity contribution in [1.82, 2.24) is 19.6 Å². The lowest BCUT2D eigenvalue weighted by Crippen LogP contribution is -2.27. The predicted octanol–water partition coefficient (Wildman–Crippen LogP) is -1.17. The van der Waals surface area contributed by atoms with E-state index in [4.69, 9.17) is 5.84 Å². The van der Waals surface area contributed by atoms with Crippen LogP contribution < -0.4 is 11.4 Å².